The molecule has 27 heavy (non-hydrogen) atoms. The van der Waals surface area contributed by atoms with Crippen molar-refractivity contribution in [2.75, 3.05) is 25.1 Å². The molecule has 1 heterocycles. The van der Waals surface area contributed by atoms with E-state index < -0.39 is 18.5 Å². The van der Waals surface area contributed by atoms with Gasteiger partial charge in [0.25, 0.3) is 5.91 Å². The average Bonchev–Trinajstić information content (AvgIpc) is 2.94. The van der Waals surface area contributed by atoms with E-state index in [0.29, 0.717) is 36.1 Å². The van der Waals surface area contributed by atoms with E-state index in [-0.39, 0.29) is 11.4 Å². The van der Waals surface area contributed by atoms with Crippen molar-refractivity contribution in [3.05, 3.63) is 38.9 Å². The number of hydrogen-bond acceptors (Lipinski definition) is 7. The molecule has 9 heteroatoms. The first kappa shape index (κ1) is 20.5. The summed E-state index contributed by atoms with van der Waals surface area (Å²) >= 11 is 1.01. The summed E-state index contributed by atoms with van der Waals surface area (Å²) in [4.78, 5) is 35.2. The number of aryl methyl sites for hydroxylation is 1. The van der Waals surface area contributed by atoms with Crippen LogP contribution in [0.5, 0.6) is 11.5 Å². The molecule has 0 atom stereocenters. The molecule has 1 amide bonds. The summed E-state index contributed by atoms with van der Waals surface area (Å²) in [5.41, 5.74) is 1.16. The Morgan fingerprint density at radius 1 is 1.15 bits per heavy atom. The van der Waals surface area contributed by atoms with Gasteiger partial charge in [0.1, 0.15) is 6.54 Å². The topological polar surface area (TPSA) is 95.9 Å². The first-order valence-electron chi connectivity index (χ1n) is 8.44. The maximum Gasteiger partial charge on any atom is 0.326 e. The molecule has 1 N–H and O–H groups in total. The van der Waals surface area contributed by atoms with Crippen molar-refractivity contribution >= 4 is 28.9 Å². The highest BCUT2D eigenvalue weighted by atomic mass is 32.1. The predicted octanol–water partition coefficient (Wildman–Crippen LogP) is 2.20. The predicted molar refractivity (Wildman–Crippen MR) is 102 cm³/mol. The van der Waals surface area contributed by atoms with Gasteiger partial charge in [-0.05, 0) is 32.9 Å². The normalized spacial score (nSPS) is 10.3. The quantitative estimate of drug-likeness (QED) is 0.655. The van der Waals surface area contributed by atoms with E-state index in [1.165, 1.54) is 4.57 Å². The van der Waals surface area contributed by atoms with Crippen LogP contribution in [-0.2, 0) is 20.9 Å². The molecule has 0 unspecified atom stereocenters. The minimum absolute atomic E-state index is 0.223. The van der Waals surface area contributed by atoms with E-state index in [0.717, 1.165) is 11.3 Å². The standard InChI is InChI=1S/C18H22N2O6S/c1-4-24-14-7-6-13(8-15(14)25-5-2)19-16(21)10-26-17(22)9-20-12(3)11-27-18(20)23/h6-8,11H,4-5,9-10H2,1-3H3,(H,19,21). The summed E-state index contributed by atoms with van der Waals surface area (Å²) in [5.74, 6) is -0.0541. The van der Waals surface area contributed by atoms with E-state index in [4.69, 9.17) is 14.2 Å². The van der Waals surface area contributed by atoms with Crippen LogP contribution >= 0.6 is 11.3 Å². The maximum absolute atomic E-state index is 12.0. The number of aromatic nitrogens is 1. The zero-order valence-electron chi connectivity index (χ0n) is 15.4. The van der Waals surface area contributed by atoms with Gasteiger partial charge in [-0.2, -0.15) is 0 Å². The van der Waals surface area contributed by atoms with Gasteiger partial charge in [0.15, 0.2) is 18.1 Å². The van der Waals surface area contributed by atoms with Crippen LogP contribution in [-0.4, -0.2) is 36.3 Å². The van der Waals surface area contributed by atoms with Gasteiger partial charge in [-0.15, -0.1) is 0 Å². The van der Waals surface area contributed by atoms with Crippen LogP contribution in [0.4, 0.5) is 5.69 Å². The molecule has 2 rings (SSSR count). The van der Waals surface area contributed by atoms with Crippen molar-refractivity contribution in [1.29, 1.82) is 0 Å². The summed E-state index contributed by atoms with van der Waals surface area (Å²) in [5, 5.41) is 4.29. The number of amides is 1. The molecular weight excluding hydrogens is 372 g/mol. The Balaban J connectivity index is 1.90. The lowest BCUT2D eigenvalue weighted by Gasteiger charge is -2.13. The van der Waals surface area contributed by atoms with Gasteiger partial charge in [0.05, 0.1) is 13.2 Å². The van der Waals surface area contributed by atoms with Crippen LogP contribution in [0.2, 0.25) is 0 Å². The van der Waals surface area contributed by atoms with Gasteiger partial charge >= 0.3 is 10.8 Å². The fourth-order valence-electron chi connectivity index (χ4n) is 2.24. The van der Waals surface area contributed by atoms with Gasteiger partial charge < -0.3 is 19.5 Å². The van der Waals surface area contributed by atoms with Gasteiger partial charge in [-0.1, -0.05) is 11.3 Å². The second kappa shape index (κ2) is 9.77. The number of anilines is 1. The van der Waals surface area contributed by atoms with Crippen LogP contribution < -0.4 is 19.7 Å². The molecule has 0 aliphatic heterocycles. The van der Waals surface area contributed by atoms with E-state index >= 15 is 0 Å². The van der Waals surface area contributed by atoms with Crippen molar-refractivity contribution in [3.8, 4) is 11.5 Å². The van der Waals surface area contributed by atoms with Crippen LogP contribution in [0.1, 0.15) is 19.5 Å². The van der Waals surface area contributed by atoms with E-state index in [1.807, 2.05) is 13.8 Å². The highest BCUT2D eigenvalue weighted by molar-refractivity contribution is 7.07. The second-order valence-electron chi connectivity index (χ2n) is 5.47. The lowest BCUT2D eigenvalue weighted by Crippen LogP contribution is -2.26. The van der Waals surface area contributed by atoms with Crippen molar-refractivity contribution in [1.82, 2.24) is 4.57 Å². The van der Waals surface area contributed by atoms with E-state index in [1.54, 1.807) is 30.5 Å². The third kappa shape index (κ3) is 5.85. The summed E-state index contributed by atoms with van der Waals surface area (Å²) < 4.78 is 17.2. The van der Waals surface area contributed by atoms with Crippen molar-refractivity contribution in [3.63, 3.8) is 0 Å². The number of carbonyl (C=O) groups excluding carboxylic acids is 2. The number of nitrogens with one attached hydrogen (secondary N) is 1. The number of esters is 1. The Hall–Kier alpha value is -2.81. The van der Waals surface area contributed by atoms with Gasteiger partial charge in [-0.3, -0.25) is 19.0 Å². The number of nitrogens with zero attached hydrogens (tertiary/aromatic N) is 1. The Labute approximate surface area is 160 Å². The molecular formula is C18H22N2O6S. The zero-order chi connectivity index (χ0) is 19.8. The van der Waals surface area contributed by atoms with Crippen LogP contribution in [0, 0.1) is 6.92 Å². The monoisotopic (exact) mass is 394 g/mol. The molecule has 146 valence electrons. The SMILES string of the molecule is CCOc1ccc(NC(=O)COC(=O)Cn2c(C)csc2=O)cc1OCC. The summed E-state index contributed by atoms with van der Waals surface area (Å²) in [7, 11) is 0. The van der Waals surface area contributed by atoms with Crippen LogP contribution in [0.25, 0.3) is 0 Å². The molecule has 2 aromatic rings. The number of carbonyl (C=O) groups is 2. The summed E-state index contributed by atoms with van der Waals surface area (Å²) in [6.45, 7) is 5.71. The molecule has 0 aliphatic rings. The highest BCUT2D eigenvalue weighted by Gasteiger charge is 2.13. The van der Waals surface area contributed by atoms with E-state index in [2.05, 4.69) is 5.32 Å². The molecule has 0 saturated carbocycles. The van der Waals surface area contributed by atoms with Gasteiger partial charge in [0.2, 0.25) is 0 Å². The van der Waals surface area contributed by atoms with E-state index in [9.17, 15) is 14.4 Å². The van der Waals surface area contributed by atoms with Crippen molar-refractivity contribution in [2.45, 2.75) is 27.3 Å². The minimum atomic E-state index is -0.657. The molecule has 0 radical (unpaired) electrons. The first-order valence-corrected chi connectivity index (χ1v) is 9.32. The van der Waals surface area contributed by atoms with Gasteiger partial charge in [-0.25, -0.2) is 0 Å². The molecule has 0 bridgehead atoms. The minimum Gasteiger partial charge on any atom is -0.490 e. The summed E-state index contributed by atoms with van der Waals surface area (Å²) in [6.07, 6.45) is 0. The smallest absolute Gasteiger partial charge is 0.326 e. The lowest BCUT2D eigenvalue weighted by molar-refractivity contribution is -0.147. The third-order valence-electron chi connectivity index (χ3n) is 3.46. The molecule has 0 aliphatic carbocycles. The third-order valence-corrected chi connectivity index (χ3v) is 4.34. The largest absolute Gasteiger partial charge is 0.490 e. The van der Waals surface area contributed by atoms with Gasteiger partial charge in [0, 0.05) is 22.8 Å². The number of benzene rings is 1. The average molecular weight is 394 g/mol. The second-order valence-corrected chi connectivity index (χ2v) is 6.29. The Morgan fingerprint density at radius 3 is 2.48 bits per heavy atom. The fraction of sp³-hybridized carbons (Fsp3) is 0.389. The number of thiazole rings is 1. The van der Waals surface area contributed by atoms with Crippen LogP contribution in [0.3, 0.4) is 0 Å². The fourth-order valence-corrected chi connectivity index (χ4v) is 2.98. The summed E-state index contributed by atoms with van der Waals surface area (Å²) in [6, 6.07) is 5.01. The number of rotatable bonds is 9. The lowest BCUT2D eigenvalue weighted by atomic mass is 10.2. The zero-order valence-corrected chi connectivity index (χ0v) is 16.3. The van der Waals surface area contributed by atoms with Crippen molar-refractivity contribution in [2.24, 2.45) is 0 Å². The first-order chi connectivity index (χ1) is 12.9. The maximum atomic E-state index is 12.0. The van der Waals surface area contributed by atoms with Crippen LogP contribution in [0.15, 0.2) is 28.4 Å². The molecule has 0 saturated heterocycles. The Kier molecular flexibility index (Phi) is 7.42. The number of ether oxygens (including phenoxy) is 3. The molecule has 8 nitrogen and oxygen atoms in total. The van der Waals surface area contributed by atoms with Crippen molar-refractivity contribution < 1.29 is 23.8 Å². The number of hydrogen-bond donors (Lipinski definition) is 1. The Morgan fingerprint density at radius 2 is 1.85 bits per heavy atom. The molecule has 1 aromatic heterocycles. The Bertz CT molecular complexity index is 858. The molecule has 0 fully saturated rings. The highest BCUT2D eigenvalue weighted by Crippen LogP contribution is 2.30. The molecule has 1 aromatic carbocycles. The molecule has 0 spiro atoms.